The van der Waals surface area contributed by atoms with Crippen LogP contribution in [0.4, 0.5) is 19.0 Å². The Hall–Kier alpha value is -4.06. The van der Waals surface area contributed by atoms with Gasteiger partial charge < -0.3 is 18.9 Å². The SMILES string of the molecule is COCc1cnc(-c2c(OC)ncnc2C2CC2)nc1N(C)Cc1ccc(-c2nc(C(F)(F)F)cn2C(C)C)cc1. The number of anilines is 1. The Morgan fingerprint density at radius 1 is 1.05 bits per heavy atom. The van der Waals surface area contributed by atoms with Crippen LogP contribution in [0.5, 0.6) is 5.88 Å². The minimum Gasteiger partial charge on any atom is -0.480 e. The molecule has 1 saturated carbocycles. The molecule has 9 nitrogen and oxygen atoms in total. The molecule has 0 aliphatic heterocycles. The molecule has 3 aromatic heterocycles. The first kappa shape index (κ1) is 28.5. The Morgan fingerprint density at radius 2 is 1.78 bits per heavy atom. The van der Waals surface area contributed by atoms with Crippen molar-refractivity contribution >= 4 is 5.82 Å². The Labute approximate surface area is 236 Å². The minimum atomic E-state index is -4.51. The lowest BCUT2D eigenvalue weighted by Crippen LogP contribution is -2.20. The lowest BCUT2D eigenvalue weighted by atomic mass is 10.1. The molecular formula is C29H32F3N7O2. The second-order valence-electron chi connectivity index (χ2n) is 10.4. The van der Waals surface area contributed by atoms with Gasteiger partial charge in [-0.3, -0.25) is 0 Å². The number of ether oxygens (including phenoxy) is 2. The lowest BCUT2D eigenvalue weighted by Gasteiger charge is -2.22. The first-order chi connectivity index (χ1) is 19.6. The topological polar surface area (TPSA) is 91.1 Å². The van der Waals surface area contributed by atoms with E-state index < -0.39 is 11.9 Å². The Balaban J connectivity index is 1.44. The number of nitrogens with zero attached hydrogens (tertiary/aromatic N) is 7. The van der Waals surface area contributed by atoms with Crippen LogP contribution in [-0.2, 0) is 24.1 Å². The van der Waals surface area contributed by atoms with Gasteiger partial charge in [0.1, 0.15) is 23.5 Å². The Morgan fingerprint density at radius 3 is 2.39 bits per heavy atom. The van der Waals surface area contributed by atoms with Crippen LogP contribution in [-0.4, -0.2) is 50.8 Å². The van der Waals surface area contributed by atoms with Crippen LogP contribution in [0.1, 0.15) is 61.2 Å². The van der Waals surface area contributed by atoms with Gasteiger partial charge in [-0.15, -0.1) is 0 Å². The van der Waals surface area contributed by atoms with E-state index in [1.807, 2.05) is 37.9 Å². The van der Waals surface area contributed by atoms with Crippen LogP contribution in [0.25, 0.3) is 22.8 Å². The quantitative estimate of drug-likeness (QED) is 0.228. The maximum absolute atomic E-state index is 13.3. The highest BCUT2D eigenvalue weighted by molar-refractivity contribution is 5.68. The normalized spacial score (nSPS) is 13.6. The number of hydrogen-bond acceptors (Lipinski definition) is 8. The van der Waals surface area contributed by atoms with Gasteiger partial charge >= 0.3 is 6.18 Å². The molecule has 0 spiro atoms. The molecule has 0 radical (unpaired) electrons. The maximum atomic E-state index is 13.3. The highest BCUT2D eigenvalue weighted by Crippen LogP contribution is 2.45. The lowest BCUT2D eigenvalue weighted by molar-refractivity contribution is -0.140. The molecule has 0 unspecified atom stereocenters. The van der Waals surface area contributed by atoms with Crippen molar-refractivity contribution in [2.45, 2.75) is 58.0 Å². The van der Waals surface area contributed by atoms with Gasteiger partial charge in [0.25, 0.3) is 0 Å². The number of imidazole rings is 1. The molecule has 216 valence electrons. The van der Waals surface area contributed by atoms with Gasteiger partial charge in [0.2, 0.25) is 5.88 Å². The summed E-state index contributed by atoms with van der Waals surface area (Å²) in [5, 5.41) is 0. The number of rotatable bonds is 10. The Kier molecular flexibility index (Phi) is 7.94. The molecule has 1 aromatic carbocycles. The third-order valence-electron chi connectivity index (χ3n) is 6.94. The maximum Gasteiger partial charge on any atom is 0.434 e. The second-order valence-corrected chi connectivity index (χ2v) is 10.4. The number of aromatic nitrogens is 6. The van der Waals surface area contributed by atoms with Crippen molar-refractivity contribution in [2.24, 2.45) is 0 Å². The minimum absolute atomic E-state index is 0.181. The summed E-state index contributed by atoms with van der Waals surface area (Å²) in [5.74, 6) is 2.20. The summed E-state index contributed by atoms with van der Waals surface area (Å²) in [4.78, 5) is 24.2. The molecule has 0 amide bonds. The number of alkyl halides is 3. The largest absolute Gasteiger partial charge is 0.480 e. The molecule has 0 atom stereocenters. The summed E-state index contributed by atoms with van der Waals surface area (Å²) in [6.07, 6.45) is 1.90. The third kappa shape index (κ3) is 6.02. The van der Waals surface area contributed by atoms with E-state index in [4.69, 9.17) is 14.5 Å². The number of benzene rings is 1. The van der Waals surface area contributed by atoms with E-state index in [0.717, 1.165) is 35.9 Å². The average molecular weight is 568 g/mol. The second kappa shape index (κ2) is 11.4. The van der Waals surface area contributed by atoms with E-state index in [1.54, 1.807) is 37.1 Å². The predicted octanol–water partition coefficient (Wildman–Crippen LogP) is 6.07. The molecule has 0 N–H and O–H groups in total. The molecule has 0 bridgehead atoms. The van der Waals surface area contributed by atoms with E-state index in [2.05, 4.69) is 19.9 Å². The van der Waals surface area contributed by atoms with Crippen LogP contribution in [0, 0.1) is 0 Å². The molecule has 0 saturated heterocycles. The van der Waals surface area contributed by atoms with Crippen LogP contribution >= 0.6 is 0 Å². The molecule has 1 aliphatic carbocycles. The summed E-state index contributed by atoms with van der Waals surface area (Å²) in [7, 11) is 5.09. The van der Waals surface area contributed by atoms with Crippen LogP contribution in [0.2, 0.25) is 0 Å². The monoisotopic (exact) mass is 567 g/mol. The fraction of sp³-hybridized carbons (Fsp3) is 0.414. The van der Waals surface area contributed by atoms with Crippen molar-refractivity contribution in [3.63, 3.8) is 0 Å². The molecule has 3 heterocycles. The Bertz CT molecular complexity index is 1520. The highest BCUT2D eigenvalue weighted by atomic mass is 19.4. The molecule has 4 aromatic rings. The molecule has 5 rings (SSSR count). The standard InChI is InChI=1S/C29H32F3N7O2/c1-17(2)39-14-22(29(30,31)32)36-27(39)20-8-6-18(7-9-20)13-38(3)26-21(15-40-4)12-33-25(37-26)23-24(19-10-11-19)34-16-35-28(23)41-5/h6-9,12,14,16-17,19H,10-11,13,15H2,1-5H3. The van der Waals surface area contributed by atoms with Crippen molar-refractivity contribution in [2.75, 3.05) is 26.2 Å². The summed E-state index contributed by atoms with van der Waals surface area (Å²) < 4.78 is 52.5. The van der Waals surface area contributed by atoms with Crippen molar-refractivity contribution in [3.05, 3.63) is 65.5 Å². The van der Waals surface area contributed by atoms with Crippen LogP contribution in [0.3, 0.4) is 0 Å². The van der Waals surface area contributed by atoms with E-state index in [1.165, 1.54) is 6.33 Å². The van der Waals surface area contributed by atoms with Gasteiger partial charge in [-0.1, -0.05) is 24.3 Å². The fourth-order valence-corrected chi connectivity index (χ4v) is 4.76. The van der Waals surface area contributed by atoms with Gasteiger partial charge in [0.05, 0.1) is 19.4 Å². The average Bonchev–Trinajstić information content (AvgIpc) is 3.69. The zero-order valence-corrected chi connectivity index (χ0v) is 23.6. The van der Waals surface area contributed by atoms with Gasteiger partial charge in [0, 0.05) is 56.2 Å². The van der Waals surface area contributed by atoms with Crippen LogP contribution < -0.4 is 9.64 Å². The summed E-state index contributed by atoms with van der Waals surface area (Å²) in [6, 6.07) is 7.17. The first-order valence-electron chi connectivity index (χ1n) is 13.3. The fourth-order valence-electron chi connectivity index (χ4n) is 4.76. The molecule has 1 fully saturated rings. The van der Waals surface area contributed by atoms with E-state index >= 15 is 0 Å². The number of methoxy groups -OCH3 is 2. The smallest absolute Gasteiger partial charge is 0.434 e. The molecule has 12 heteroatoms. The van der Waals surface area contributed by atoms with E-state index in [9.17, 15) is 13.2 Å². The van der Waals surface area contributed by atoms with Crippen molar-refractivity contribution in [1.82, 2.24) is 29.5 Å². The summed E-state index contributed by atoms with van der Waals surface area (Å²) in [6.45, 7) is 4.45. The molecule has 41 heavy (non-hydrogen) atoms. The summed E-state index contributed by atoms with van der Waals surface area (Å²) >= 11 is 0. The molecule has 1 aliphatic rings. The van der Waals surface area contributed by atoms with Crippen LogP contribution in [0.15, 0.2) is 43.0 Å². The van der Waals surface area contributed by atoms with Gasteiger partial charge in [-0.25, -0.2) is 24.9 Å². The van der Waals surface area contributed by atoms with Gasteiger partial charge in [-0.2, -0.15) is 13.2 Å². The highest BCUT2D eigenvalue weighted by Gasteiger charge is 2.35. The van der Waals surface area contributed by atoms with E-state index in [0.29, 0.717) is 47.7 Å². The van der Waals surface area contributed by atoms with E-state index in [-0.39, 0.29) is 11.9 Å². The van der Waals surface area contributed by atoms with Crippen molar-refractivity contribution < 1.29 is 22.6 Å². The van der Waals surface area contributed by atoms with Gasteiger partial charge in [0.15, 0.2) is 11.5 Å². The van der Waals surface area contributed by atoms with Gasteiger partial charge in [-0.05, 0) is 32.3 Å². The first-order valence-corrected chi connectivity index (χ1v) is 13.3. The predicted molar refractivity (Wildman–Crippen MR) is 147 cm³/mol. The zero-order chi connectivity index (χ0) is 29.3. The number of halogens is 3. The van der Waals surface area contributed by atoms with Crippen molar-refractivity contribution in [3.8, 4) is 28.7 Å². The summed E-state index contributed by atoms with van der Waals surface area (Å²) in [5.41, 5.74) is 3.03. The van der Waals surface area contributed by atoms with Crippen molar-refractivity contribution in [1.29, 1.82) is 0 Å². The molecular weight excluding hydrogens is 535 g/mol. The zero-order valence-electron chi connectivity index (χ0n) is 23.6. The number of hydrogen-bond donors (Lipinski definition) is 0. The third-order valence-corrected chi connectivity index (χ3v) is 6.94.